The molecule has 1 rings (SSSR count). The number of carbonyl (C=O) groups is 2. The predicted octanol–water partition coefficient (Wildman–Crippen LogP) is 2.20. The minimum Gasteiger partial charge on any atom is -0.463 e. The van der Waals surface area contributed by atoms with Gasteiger partial charge in [-0.25, -0.2) is 4.79 Å². The molecule has 0 radical (unpaired) electrons. The summed E-state index contributed by atoms with van der Waals surface area (Å²) in [5.41, 5.74) is 1.62. The van der Waals surface area contributed by atoms with Crippen LogP contribution >= 0.6 is 0 Å². The predicted molar refractivity (Wildman–Crippen MR) is 83.9 cm³/mol. The molecule has 0 saturated carbocycles. The Labute approximate surface area is 125 Å². The van der Waals surface area contributed by atoms with E-state index in [1.807, 2.05) is 19.2 Å². The molecule has 21 heavy (non-hydrogen) atoms. The first-order valence-corrected chi connectivity index (χ1v) is 7.05. The van der Waals surface area contributed by atoms with Gasteiger partial charge >= 0.3 is 5.97 Å². The van der Waals surface area contributed by atoms with Crippen LogP contribution < -0.4 is 10.6 Å². The second kappa shape index (κ2) is 9.72. The number of rotatable bonds is 8. The lowest BCUT2D eigenvalue weighted by atomic mass is 10.2. The molecule has 0 aliphatic heterocycles. The van der Waals surface area contributed by atoms with Gasteiger partial charge < -0.3 is 15.4 Å². The molecule has 0 aromatic heterocycles. The van der Waals surface area contributed by atoms with Crippen molar-refractivity contribution in [1.29, 1.82) is 0 Å². The molecule has 0 aliphatic carbocycles. The van der Waals surface area contributed by atoms with E-state index in [0.29, 0.717) is 13.0 Å². The van der Waals surface area contributed by atoms with E-state index in [2.05, 4.69) is 10.6 Å². The molecule has 0 heterocycles. The lowest BCUT2D eigenvalue weighted by Crippen LogP contribution is -2.15. The van der Waals surface area contributed by atoms with Crippen LogP contribution in [0.2, 0.25) is 0 Å². The van der Waals surface area contributed by atoms with Crippen LogP contribution in [-0.4, -0.2) is 32.1 Å². The molecule has 1 aromatic rings. The Balaban J connectivity index is 2.46. The van der Waals surface area contributed by atoms with Crippen LogP contribution in [-0.2, 0) is 14.3 Å². The lowest BCUT2D eigenvalue weighted by molar-refractivity contribution is -0.137. The number of ether oxygens (including phenoxy) is 1. The maximum absolute atomic E-state index is 11.6. The second-order valence-electron chi connectivity index (χ2n) is 4.46. The van der Waals surface area contributed by atoms with E-state index in [9.17, 15) is 9.59 Å². The third kappa shape index (κ3) is 7.27. The summed E-state index contributed by atoms with van der Waals surface area (Å²) < 4.78 is 4.80. The zero-order valence-corrected chi connectivity index (χ0v) is 12.5. The Hall–Kier alpha value is -2.14. The van der Waals surface area contributed by atoms with Crippen molar-refractivity contribution in [3.8, 4) is 0 Å². The van der Waals surface area contributed by atoms with Crippen LogP contribution in [0.5, 0.6) is 0 Å². The van der Waals surface area contributed by atoms with Gasteiger partial charge in [0.1, 0.15) is 0 Å². The van der Waals surface area contributed by atoms with E-state index in [1.165, 1.54) is 6.08 Å². The molecule has 0 atom stereocenters. The second-order valence-corrected chi connectivity index (χ2v) is 4.46. The average Bonchev–Trinajstić information content (AvgIpc) is 2.47. The highest BCUT2D eigenvalue weighted by Crippen LogP contribution is 2.11. The first kappa shape index (κ1) is 16.9. The van der Waals surface area contributed by atoms with Crippen molar-refractivity contribution in [3.63, 3.8) is 0 Å². The van der Waals surface area contributed by atoms with Crippen molar-refractivity contribution in [3.05, 3.63) is 35.9 Å². The Morgan fingerprint density at radius 3 is 2.57 bits per heavy atom. The fourth-order valence-electron chi connectivity index (χ4n) is 1.68. The number of hydrogen-bond donors (Lipinski definition) is 2. The molecule has 0 saturated heterocycles. The smallest absolute Gasteiger partial charge is 0.330 e. The van der Waals surface area contributed by atoms with Crippen LogP contribution in [0, 0.1) is 0 Å². The summed E-state index contributed by atoms with van der Waals surface area (Å²) in [6.07, 6.45) is 4.36. The Kier molecular flexibility index (Phi) is 7.82. The summed E-state index contributed by atoms with van der Waals surface area (Å²) in [6.45, 7) is 2.95. The van der Waals surface area contributed by atoms with Crippen molar-refractivity contribution < 1.29 is 14.3 Å². The van der Waals surface area contributed by atoms with E-state index < -0.39 is 0 Å². The number of anilines is 1. The number of hydrogen-bond acceptors (Lipinski definition) is 4. The van der Waals surface area contributed by atoms with Crippen molar-refractivity contribution in [2.75, 3.05) is 25.5 Å². The van der Waals surface area contributed by atoms with E-state index in [1.54, 1.807) is 25.1 Å². The highest BCUT2D eigenvalue weighted by Gasteiger charge is 2.01. The highest BCUT2D eigenvalue weighted by molar-refractivity contribution is 5.91. The summed E-state index contributed by atoms with van der Waals surface area (Å²) in [5.74, 6) is -0.362. The van der Waals surface area contributed by atoms with Crippen LogP contribution in [0.15, 0.2) is 30.3 Å². The average molecular weight is 290 g/mol. The van der Waals surface area contributed by atoms with Crippen LogP contribution in [0.4, 0.5) is 5.69 Å². The number of carbonyl (C=O) groups excluding carboxylic acids is 2. The lowest BCUT2D eigenvalue weighted by Gasteiger charge is -2.05. The molecule has 0 unspecified atom stereocenters. The molecule has 0 spiro atoms. The summed E-state index contributed by atoms with van der Waals surface area (Å²) in [4.78, 5) is 22.8. The minimum absolute atomic E-state index is 0.0000608. The largest absolute Gasteiger partial charge is 0.463 e. The molecular formula is C16H22N2O3. The van der Waals surface area contributed by atoms with Crippen LogP contribution in [0.25, 0.3) is 6.08 Å². The Bertz CT molecular complexity index is 481. The minimum atomic E-state index is -0.362. The first-order valence-electron chi connectivity index (χ1n) is 7.05. The molecule has 2 N–H and O–H groups in total. The van der Waals surface area contributed by atoms with Crippen molar-refractivity contribution in [1.82, 2.24) is 5.32 Å². The summed E-state index contributed by atoms with van der Waals surface area (Å²) in [5, 5.41) is 5.83. The number of benzene rings is 1. The molecule has 0 fully saturated rings. The topological polar surface area (TPSA) is 67.4 Å². The zero-order chi connectivity index (χ0) is 15.5. The van der Waals surface area contributed by atoms with Gasteiger partial charge in [-0.3, -0.25) is 4.79 Å². The van der Waals surface area contributed by atoms with Gasteiger partial charge in [-0.15, -0.1) is 0 Å². The quantitative estimate of drug-likeness (QED) is 0.437. The number of esters is 1. The van der Waals surface area contributed by atoms with E-state index in [-0.39, 0.29) is 11.9 Å². The highest BCUT2D eigenvalue weighted by atomic mass is 16.5. The monoisotopic (exact) mass is 290 g/mol. The maximum atomic E-state index is 11.6. The maximum Gasteiger partial charge on any atom is 0.330 e. The van der Waals surface area contributed by atoms with E-state index in [0.717, 1.165) is 24.2 Å². The Morgan fingerprint density at radius 2 is 1.95 bits per heavy atom. The number of amides is 1. The van der Waals surface area contributed by atoms with Crippen molar-refractivity contribution in [2.45, 2.75) is 19.8 Å². The molecule has 1 aromatic carbocycles. The molecule has 1 amide bonds. The van der Waals surface area contributed by atoms with Crippen molar-refractivity contribution in [2.24, 2.45) is 0 Å². The normalized spacial score (nSPS) is 10.6. The third-order valence-electron chi connectivity index (χ3n) is 2.72. The third-order valence-corrected chi connectivity index (χ3v) is 2.72. The van der Waals surface area contributed by atoms with Gasteiger partial charge in [-0.1, -0.05) is 12.1 Å². The molecule has 0 aliphatic rings. The molecule has 5 heteroatoms. The van der Waals surface area contributed by atoms with Gasteiger partial charge in [0.25, 0.3) is 0 Å². The van der Waals surface area contributed by atoms with Crippen LogP contribution in [0.1, 0.15) is 25.3 Å². The zero-order valence-electron chi connectivity index (χ0n) is 12.5. The van der Waals surface area contributed by atoms with Gasteiger partial charge in [-0.05, 0) is 50.7 Å². The SMILES string of the molecule is CCOC(=O)/C=C/c1ccc(NC(=O)CCCNC)cc1. The summed E-state index contributed by atoms with van der Waals surface area (Å²) >= 11 is 0. The van der Waals surface area contributed by atoms with E-state index in [4.69, 9.17) is 4.74 Å². The van der Waals surface area contributed by atoms with Gasteiger partial charge in [0.05, 0.1) is 6.61 Å². The Morgan fingerprint density at radius 1 is 1.24 bits per heavy atom. The summed E-state index contributed by atoms with van der Waals surface area (Å²) in [6, 6.07) is 7.28. The fourth-order valence-corrected chi connectivity index (χ4v) is 1.68. The van der Waals surface area contributed by atoms with Gasteiger partial charge in [0, 0.05) is 18.2 Å². The number of nitrogens with one attached hydrogen (secondary N) is 2. The van der Waals surface area contributed by atoms with Crippen molar-refractivity contribution >= 4 is 23.6 Å². The van der Waals surface area contributed by atoms with Gasteiger partial charge in [0.2, 0.25) is 5.91 Å². The fraction of sp³-hybridized carbons (Fsp3) is 0.375. The summed E-state index contributed by atoms with van der Waals surface area (Å²) in [7, 11) is 1.86. The standard InChI is InChI=1S/C16H22N2O3/c1-3-21-16(20)11-8-13-6-9-14(10-7-13)18-15(19)5-4-12-17-2/h6-11,17H,3-5,12H2,1-2H3,(H,18,19)/b11-8+. The molecular weight excluding hydrogens is 268 g/mol. The van der Waals surface area contributed by atoms with E-state index >= 15 is 0 Å². The van der Waals surface area contributed by atoms with Gasteiger partial charge in [-0.2, -0.15) is 0 Å². The molecule has 0 bridgehead atoms. The van der Waals surface area contributed by atoms with Crippen LogP contribution in [0.3, 0.4) is 0 Å². The van der Waals surface area contributed by atoms with Gasteiger partial charge in [0.15, 0.2) is 0 Å². The molecule has 114 valence electrons. The first-order chi connectivity index (χ1) is 10.2. The molecule has 5 nitrogen and oxygen atoms in total.